The van der Waals surface area contributed by atoms with E-state index in [4.69, 9.17) is 4.74 Å². The van der Waals surface area contributed by atoms with Crippen LogP contribution < -0.4 is 4.74 Å². The van der Waals surface area contributed by atoms with Crippen LogP contribution >= 0.6 is 15.9 Å². The normalized spacial score (nSPS) is 11.8. The largest absolute Gasteiger partial charge is 0.492 e. The van der Waals surface area contributed by atoms with Gasteiger partial charge in [-0.15, -0.1) is 0 Å². The zero-order valence-electron chi connectivity index (χ0n) is 10.8. The van der Waals surface area contributed by atoms with Crippen molar-refractivity contribution >= 4 is 26.0 Å². The molecule has 0 radical (unpaired) electrons. The Morgan fingerprint density at radius 2 is 1.83 bits per heavy atom. The zero-order chi connectivity index (χ0) is 13.8. The van der Waals surface area contributed by atoms with Crippen LogP contribution in [0.2, 0.25) is 0 Å². The van der Waals surface area contributed by atoms with Gasteiger partial charge in [-0.3, -0.25) is 0 Å². The van der Waals surface area contributed by atoms with E-state index in [1.165, 1.54) is 4.31 Å². The van der Waals surface area contributed by atoms with E-state index in [1.54, 1.807) is 18.2 Å². The van der Waals surface area contributed by atoms with Crippen LogP contribution in [-0.2, 0) is 10.0 Å². The molecule has 0 saturated heterocycles. The Morgan fingerprint density at radius 3 is 2.33 bits per heavy atom. The van der Waals surface area contributed by atoms with Crippen LogP contribution in [-0.4, -0.2) is 32.4 Å². The van der Waals surface area contributed by atoms with Crippen LogP contribution in [0, 0.1) is 0 Å². The quantitative estimate of drug-likeness (QED) is 0.802. The van der Waals surface area contributed by atoms with Crippen molar-refractivity contribution in [2.75, 3.05) is 19.7 Å². The SMILES string of the molecule is CCOc1cc(Br)ccc1S(=O)(=O)N(CC)CC. The standard InChI is InChI=1S/C12H18BrNO3S/c1-4-14(5-2)18(15,16)12-8-7-10(13)9-11(12)17-6-3/h7-9H,4-6H2,1-3H3. The molecule has 0 unspecified atom stereocenters. The van der Waals surface area contributed by atoms with Gasteiger partial charge in [0.15, 0.2) is 0 Å². The molecule has 18 heavy (non-hydrogen) atoms. The second-order valence-electron chi connectivity index (χ2n) is 3.61. The maximum atomic E-state index is 12.4. The Balaban J connectivity index is 3.31. The first-order valence-corrected chi connectivity index (χ1v) is 8.13. The fourth-order valence-corrected chi connectivity index (χ4v) is 3.58. The fourth-order valence-electron chi connectivity index (χ4n) is 1.67. The molecule has 0 aromatic heterocycles. The molecule has 6 heteroatoms. The molecule has 0 fully saturated rings. The van der Waals surface area contributed by atoms with Gasteiger partial charge >= 0.3 is 0 Å². The number of nitrogens with zero attached hydrogens (tertiary/aromatic N) is 1. The first-order chi connectivity index (χ1) is 8.47. The number of rotatable bonds is 6. The molecule has 0 aliphatic carbocycles. The smallest absolute Gasteiger partial charge is 0.246 e. The molecule has 0 bridgehead atoms. The molecule has 0 spiro atoms. The fraction of sp³-hybridized carbons (Fsp3) is 0.500. The first-order valence-electron chi connectivity index (χ1n) is 5.89. The summed E-state index contributed by atoms with van der Waals surface area (Å²) < 4.78 is 32.5. The van der Waals surface area contributed by atoms with Crippen LogP contribution in [0.1, 0.15) is 20.8 Å². The van der Waals surface area contributed by atoms with Gasteiger partial charge in [0.1, 0.15) is 10.6 Å². The Morgan fingerprint density at radius 1 is 1.22 bits per heavy atom. The van der Waals surface area contributed by atoms with Crippen LogP contribution in [0.15, 0.2) is 27.6 Å². The molecule has 0 amide bonds. The third-order valence-electron chi connectivity index (χ3n) is 2.53. The highest BCUT2D eigenvalue weighted by molar-refractivity contribution is 9.10. The Hall–Kier alpha value is -0.590. The second-order valence-corrected chi connectivity index (χ2v) is 6.44. The van der Waals surface area contributed by atoms with Crippen LogP contribution in [0.3, 0.4) is 0 Å². The molecule has 0 aliphatic heterocycles. The number of hydrogen-bond donors (Lipinski definition) is 0. The summed E-state index contributed by atoms with van der Waals surface area (Å²) in [6.45, 7) is 6.79. The van der Waals surface area contributed by atoms with Gasteiger partial charge < -0.3 is 4.74 Å². The van der Waals surface area contributed by atoms with Gasteiger partial charge in [-0.1, -0.05) is 29.8 Å². The first kappa shape index (κ1) is 15.5. The summed E-state index contributed by atoms with van der Waals surface area (Å²) in [7, 11) is -3.48. The molecular formula is C12H18BrNO3S. The lowest BCUT2D eigenvalue weighted by Gasteiger charge is -2.20. The van der Waals surface area contributed by atoms with Crippen molar-refractivity contribution < 1.29 is 13.2 Å². The van der Waals surface area contributed by atoms with Gasteiger partial charge in [0.2, 0.25) is 10.0 Å². The topological polar surface area (TPSA) is 46.6 Å². The van der Waals surface area contributed by atoms with Crippen molar-refractivity contribution in [2.24, 2.45) is 0 Å². The van der Waals surface area contributed by atoms with E-state index in [-0.39, 0.29) is 4.90 Å². The molecule has 1 rings (SSSR count). The highest BCUT2D eigenvalue weighted by atomic mass is 79.9. The number of ether oxygens (including phenoxy) is 1. The van der Waals surface area contributed by atoms with Crippen LogP contribution in [0.5, 0.6) is 5.75 Å². The average molecular weight is 336 g/mol. The van der Waals surface area contributed by atoms with Gasteiger partial charge in [0.25, 0.3) is 0 Å². The summed E-state index contributed by atoms with van der Waals surface area (Å²) in [5.41, 5.74) is 0. The van der Waals surface area contributed by atoms with Gasteiger partial charge in [-0.25, -0.2) is 8.42 Å². The summed E-state index contributed by atoms with van der Waals surface area (Å²) >= 11 is 3.32. The van der Waals surface area contributed by atoms with E-state index in [2.05, 4.69) is 15.9 Å². The van der Waals surface area contributed by atoms with Gasteiger partial charge in [0, 0.05) is 17.6 Å². The molecule has 0 aliphatic rings. The van der Waals surface area contributed by atoms with Crippen molar-refractivity contribution in [1.29, 1.82) is 0 Å². The number of halogens is 1. The third kappa shape index (κ3) is 3.24. The van der Waals surface area contributed by atoms with Crippen LogP contribution in [0.4, 0.5) is 0 Å². The highest BCUT2D eigenvalue weighted by Crippen LogP contribution is 2.29. The molecule has 102 valence electrons. The van der Waals surface area contributed by atoms with Gasteiger partial charge in [0.05, 0.1) is 6.61 Å². The summed E-state index contributed by atoms with van der Waals surface area (Å²) in [5.74, 6) is 0.388. The third-order valence-corrected chi connectivity index (χ3v) is 5.11. The zero-order valence-corrected chi connectivity index (χ0v) is 13.2. The molecule has 1 aromatic carbocycles. The van der Waals surface area contributed by atoms with Crippen molar-refractivity contribution in [3.8, 4) is 5.75 Å². The summed E-state index contributed by atoms with van der Waals surface area (Å²) in [5, 5.41) is 0. The second kappa shape index (κ2) is 6.54. The molecule has 0 N–H and O–H groups in total. The van der Waals surface area contributed by atoms with E-state index in [0.717, 1.165) is 4.47 Å². The summed E-state index contributed by atoms with van der Waals surface area (Å²) in [4.78, 5) is 0.219. The van der Waals surface area contributed by atoms with Gasteiger partial charge in [-0.05, 0) is 25.1 Å². The maximum Gasteiger partial charge on any atom is 0.246 e. The van der Waals surface area contributed by atoms with E-state index in [0.29, 0.717) is 25.4 Å². The highest BCUT2D eigenvalue weighted by Gasteiger charge is 2.25. The Kier molecular flexibility index (Phi) is 5.62. The van der Waals surface area contributed by atoms with Crippen molar-refractivity contribution in [3.63, 3.8) is 0 Å². The number of sulfonamides is 1. The molecule has 0 saturated carbocycles. The van der Waals surface area contributed by atoms with Crippen molar-refractivity contribution in [3.05, 3.63) is 22.7 Å². The van der Waals surface area contributed by atoms with Crippen LogP contribution in [0.25, 0.3) is 0 Å². The number of benzene rings is 1. The molecule has 4 nitrogen and oxygen atoms in total. The van der Waals surface area contributed by atoms with Gasteiger partial charge in [-0.2, -0.15) is 4.31 Å². The van der Waals surface area contributed by atoms with E-state index in [9.17, 15) is 8.42 Å². The van der Waals surface area contributed by atoms with Crippen molar-refractivity contribution in [2.45, 2.75) is 25.7 Å². The summed E-state index contributed by atoms with van der Waals surface area (Å²) in [6, 6.07) is 4.96. The Bertz CT molecular complexity index is 498. The average Bonchev–Trinajstić information content (AvgIpc) is 2.30. The van der Waals surface area contributed by atoms with Crippen molar-refractivity contribution in [1.82, 2.24) is 4.31 Å². The minimum atomic E-state index is -3.48. The van der Waals surface area contributed by atoms with E-state index >= 15 is 0 Å². The predicted octanol–water partition coefficient (Wildman–Crippen LogP) is 2.88. The minimum absolute atomic E-state index is 0.219. The lowest BCUT2D eigenvalue weighted by Crippen LogP contribution is -2.30. The molecule has 0 heterocycles. The molecule has 1 aromatic rings. The predicted molar refractivity (Wildman–Crippen MR) is 75.4 cm³/mol. The lowest BCUT2D eigenvalue weighted by molar-refractivity contribution is 0.329. The lowest BCUT2D eigenvalue weighted by atomic mass is 10.3. The monoisotopic (exact) mass is 335 g/mol. The minimum Gasteiger partial charge on any atom is -0.492 e. The maximum absolute atomic E-state index is 12.4. The van der Waals surface area contributed by atoms with E-state index in [1.807, 2.05) is 20.8 Å². The summed E-state index contributed by atoms with van der Waals surface area (Å²) in [6.07, 6.45) is 0. The van der Waals surface area contributed by atoms with E-state index < -0.39 is 10.0 Å². The Labute approximate surface area is 117 Å². The molecular weight excluding hydrogens is 318 g/mol. The molecule has 0 atom stereocenters. The number of hydrogen-bond acceptors (Lipinski definition) is 3.